The molecule has 0 saturated carbocycles. The fourth-order valence-electron chi connectivity index (χ4n) is 2.16. The van der Waals surface area contributed by atoms with Gasteiger partial charge in [0.1, 0.15) is 10.9 Å². The number of rotatable bonds is 5. The Bertz CT molecular complexity index is 671. The van der Waals surface area contributed by atoms with Crippen LogP contribution in [-0.4, -0.2) is 9.55 Å². The highest BCUT2D eigenvalue weighted by Crippen LogP contribution is 2.35. The molecule has 0 amide bonds. The van der Waals surface area contributed by atoms with Crippen LogP contribution in [0.4, 0.5) is 0 Å². The summed E-state index contributed by atoms with van der Waals surface area (Å²) in [6, 6.07) is 10.0. The zero-order valence-corrected chi connectivity index (χ0v) is 14.0. The average Bonchev–Trinajstić information content (AvgIpc) is 2.77. The van der Waals surface area contributed by atoms with Crippen LogP contribution in [0.1, 0.15) is 38.2 Å². The topological polar surface area (TPSA) is 41.6 Å². The Kier molecular flexibility index (Phi) is 5.33. The van der Waals surface area contributed by atoms with Gasteiger partial charge in [0.15, 0.2) is 0 Å². The number of nitrogens with zero attached hydrogens (tertiary/aromatic N) is 3. The van der Waals surface area contributed by atoms with Crippen LogP contribution in [0.25, 0.3) is 0 Å². The summed E-state index contributed by atoms with van der Waals surface area (Å²) < 4.78 is 2.13. The van der Waals surface area contributed by atoms with Gasteiger partial charge in [-0.2, -0.15) is 5.26 Å². The molecule has 0 aliphatic carbocycles. The molecule has 2 aromatic rings. The number of imidazole rings is 1. The molecule has 0 unspecified atom stereocenters. The zero-order valence-electron chi connectivity index (χ0n) is 12.4. The van der Waals surface area contributed by atoms with Gasteiger partial charge in [0, 0.05) is 16.5 Å². The fraction of sp³-hybridized carbons (Fsp3) is 0.375. The van der Waals surface area contributed by atoms with Crippen molar-refractivity contribution in [1.29, 1.82) is 5.26 Å². The van der Waals surface area contributed by atoms with E-state index in [0.29, 0.717) is 12.3 Å². The standard InChI is InChI=1S/C16H18ClN3S/c1-4-20-14(8-9-18)19-15(11(2)3)16(20)21-13-7-5-6-12(17)10-13/h5-7,10-11H,4,8H2,1-3H3. The average molecular weight is 320 g/mol. The quantitative estimate of drug-likeness (QED) is 0.787. The number of benzene rings is 1. The number of nitriles is 1. The minimum atomic E-state index is 0.317. The Labute approximate surface area is 135 Å². The summed E-state index contributed by atoms with van der Waals surface area (Å²) in [7, 11) is 0. The van der Waals surface area contributed by atoms with Gasteiger partial charge in [-0.25, -0.2) is 4.98 Å². The van der Waals surface area contributed by atoms with Gasteiger partial charge < -0.3 is 4.57 Å². The van der Waals surface area contributed by atoms with Gasteiger partial charge in [-0.05, 0) is 31.0 Å². The maximum Gasteiger partial charge on any atom is 0.124 e. The lowest BCUT2D eigenvalue weighted by Crippen LogP contribution is -2.02. The smallest absolute Gasteiger partial charge is 0.124 e. The lowest BCUT2D eigenvalue weighted by molar-refractivity contribution is 0.657. The molecule has 0 bridgehead atoms. The maximum absolute atomic E-state index is 8.98. The number of halogens is 1. The van der Waals surface area contributed by atoms with Crippen LogP contribution in [0.2, 0.25) is 5.02 Å². The van der Waals surface area contributed by atoms with Gasteiger partial charge in [0.25, 0.3) is 0 Å². The molecule has 0 aliphatic rings. The molecular weight excluding hydrogens is 302 g/mol. The lowest BCUT2D eigenvalue weighted by Gasteiger charge is -2.10. The van der Waals surface area contributed by atoms with E-state index in [9.17, 15) is 0 Å². The maximum atomic E-state index is 8.98. The van der Waals surface area contributed by atoms with Crippen LogP contribution in [0, 0.1) is 11.3 Å². The Hall–Kier alpha value is -1.44. The van der Waals surface area contributed by atoms with Crippen LogP contribution < -0.4 is 0 Å². The molecule has 0 spiro atoms. The van der Waals surface area contributed by atoms with E-state index in [2.05, 4.69) is 36.4 Å². The van der Waals surface area contributed by atoms with Crippen molar-refractivity contribution in [1.82, 2.24) is 9.55 Å². The molecule has 21 heavy (non-hydrogen) atoms. The summed E-state index contributed by atoms with van der Waals surface area (Å²) >= 11 is 7.72. The second kappa shape index (κ2) is 7.02. The fourth-order valence-corrected chi connectivity index (χ4v) is 3.70. The third-order valence-corrected chi connectivity index (χ3v) is 4.48. The third kappa shape index (κ3) is 3.61. The Morgan fingerprint density at radius 2 is 2.19 bits per heavy atom. The molecule has 0 radical (unpaired) electrons. The molecule has 5 heteroatoms. The van der Waals surface area contributed by atoms with Crippen molar-refractivity contribution in [2.75, 3.05) is 0 Å². The van der Waals surface area contributed by atoms with E-state index in [4.69, 9.17) is 16.9 Å². The SMILES string of the molecule is CCn1c(CC#N)nc(C(C)C)c1Sc1cccc(Cl)c1. The normalized spacial score (nSPS) is 10.9. The summed E-state index contributed by atoms with van der Waals surface area (Å²) in [5.74, 6) is 1.16. The van der Waals surface area contributed by atoms with Gasteiger partial charge in [-0.3, -0.25) is 0 Å². The molecule has 0 aliphatic heterocycles. The van der Waals surface area contributed by atoms with Crippen LogP contribution in [0.5, 0.6) is 0 Å². The number of hydrogen-bond donors (Lipinski definition) is 0. The van der Waals surface area contributed by atoms with E-state index in [1.165, 1.54) is 0 Å². The minimum absolute atomic E-state index is 0.317. The number of hydrogen-bond acceptors (Lipinski definition) is 3. The highest BCUT2D eigenvalue weighted by Gasteiger charge is 2.19. The van der Waals surface area contributed by atoms with E-state index >= 15 is 0 Å². The molecule has 110 valence electrons. The predicted molar refractivity (Wildman–Crippen MR) is 86.9 cm³/mol. The van der Waals surface area contributed by atoms with Gasteiger partial charge in [-0.1, -0.05) is 43.3 Å². The summed E-state index contributed by atoms with van der Waals surface area (Å²) in [5, 5.41) is 10.8. The lowest BCUT2D eigenvalue weighted by atomic mass is 10.1. The van der Waals surface area contributed by atoms with Crippen LogP contribution in [0.15, 0.2) is 34.2 Å². The number of aromatic nitrogens is 2. The van der Waals surface area contributed by atoms with Gasteiger partial charge in [0.2, 0.25) is 0 Å². The van der Waals surface area contributed by atoms with Crippen molar-refractivity contribution in [2.24, 2.45) is 0 Å². The van der Waals surface area contributed by atoms with Crippen LogP contribution in [0.3, 0.4) is 0 Å². The monoisotopic (exact) mass is 319 g/mol. The molecule has 0 saturated heterocycles. The molecule has 0 fully saturated rings. The molecule has 1 aromatic carbocycles. The Morgan fingerprint density at radius 3 is 2.76 bits per heavy atom. The summed E-state index contributed by atoms with van der Waals surface area (Å²) in [6.07, 6.45) is 0.337. The van der Waals surface area contributed by atoms with Crippen molar-refractivity contribution in [3.63, 3.8) is 0 Å². The van der Waals surface area contributed by atoms with Gasteiger partial charge in [-0.15, -0.1) is 0 Å². The first-order valence-corrected chi connectivity index (χ1v) is 8.15. The van der Waals surface area contributed by atoms with Crippen LogP contribution >= 0.6 is 23.4 Å². The van der Waals surface area contributed by atoms with E-state index in [1.807, 2.05) is 24.3 Å². The largest absolute Gasteiger partial charge is 0.322 e. The second-order valence-corrected chi connectivity index (χ2v) is 6.51. The summed E-state index contributed by atoms with van der Waals surface area (Å²) in [6.45, 7) is 7.13. The van der Waals surface area contributed by atoms with Crippen molar-refractivity contribution in [3.05, 3.63) is 40.8 Å². The molecule has 2 rings (SSSR count). The molecule has 0 atom stereocenters. The molecule has 1 aromatic heterocycles. The van der Waals surface area contributed by atoms with Crippen molar-refractivity contribution in [3.8, 4) is 6.07 Å². The van der Waals surface area contributed by atoms with E-state index in [-0.39, 0.29) is 0 Å². The zero-order chi connectivity index (χ0) is 15.4. The van der Waals surface area contributed by atoms with Crippen LogP contribution in [-0.2, 0) is 13.0 Å². The van der Waals surface area contributed by atoms with Crippen molar-refractivity contribution < 1.29 is 0 Å². The highest BCUT2D eigenvalue weighted by molar-refractivity contribution is 7.99. The third-order valence-electron chi connectivity index (χ3n) is 3.14. The molecular formula is C16H18ClN3S. The Balaban J connectivity index is 2.47. The Morgan fingerprint density at radius 1 is 1.43 bits per heavy atom. The van der Waals surface area contributed by atoms with Crippen molar-refractivity contribution in [2.45, 2.75) is 49.6 Å². The minimum Gasteiger partial charge on any atom is -0.322 e. The molecule has 3 nitrogen and oxygen atoms in total. The predicted octanol–water partition coefficient (Wildman–Crippen LogP) is 4.90. The van der Waals surface area contributed by atoms with Crippen molar-refractivity contribution >= 4 is 23.4 Å². The summed E-state index contributed by atoms with van der Waals surface area (Å²) in [5.41, 5.74) is 1.05. The molecule has 0 N–H and O–H groups in total. The highest BCUT2D eigenvalue weighted by atomic mass is 35.5. The van der Waals surface area contributed by atoms with E-state index in [0.717, 1.165) is 33.0 Å². The first kappa shape index (κ1) is 15.9. The first-order valence-electron chi connectivity index (χ1n) is 6.96. The van der Waals surface area contributed by atoms with E-state index < -0.39 is 0 Å². The van der Waals surface area contributed by atoms with Gasteiger partial charge in [0.05, 0.1) is 18.2 Å². The first-order chi connectivity index (χ1) is 10.1. The summed E-state index contributed by atoms with van der Waals surface area (Å²) in [4.78, 5) is 5.76. The second-order valence-electron chi connectivity index (χ2n) is 5.01. The van der Waals surface area contributed by atoms with Gasteiger partial charge >= 0.3 is 0 Å². The van der Waals surface area contributed by atoms with E-state index in [1.54, 1.807) is 11.8 Å². The molecule has 1 heterocycles.